The van der Waals surface area contributed by atoms with Gasteiger partial charge in [-0.1, -0.05) is 20.4 Å². The average molecular weight is 220 g/mol. The molecule has 0 atom stereocenters. The van der Waals surface area contributed by atoms with Gasteiger partial charge in [0.05, 0.1) is 0 Å². The lowest BCUT2D eigenvalue weighted by molar-refractivity contribution is 0.493. The van der Waals surface area contributed by atoms with Gasteiger partial charge in [-0.15, -0.1) is 0 Å². The molecule has 1 aliphatic rings. The van der Waals surface area contributed by atoms with Crippen LogP contribution in [0.4, 0.5) is 0 Å². The Hall–Kier alpha value is -2.82. The molecular formula is C13H8N4. The third kappa shape index (κ3) is 1.50. The van der Waals surface area contributed by atoms with Gasteiger partial charge in [0.2, 0.25) is 0 Å². The molecule has 0 spiro atoms. The van der Waals surface area contributed by atoms with Crippen molar-refractivity contribution in [1.29, 1.82) is 21.0 Å². The molecule has 0 N–H and O–H groups in total. The van der Waals surface area contributed by atoms with Crippen LogP contribution >= 0.6 is 0 Å². The molecule has 0 unspecified atom stereocenters. The molecule has 1 saturated carbocycles. The van der Waals surface area contributed by atoms with Crippen LogP contribution in [0.15, 0.2) is 34.4 Å². The van der Waals surface area contributed by atoms with Crippen molar-refractivity contribution >= 4 is 0 Å². The summed E-state index contributed by atoms with van der Waals surface area (Å²) in [6.07, 6.45) is 0. The van der Waals surface area contributed by atoms with Gasteiger partial charge in [-0.3, -0.25) is 0 Å². The van der Waals surface area contributed by atoms with Crippen LogP contribution < -0.4 is 0 Å². The molecule has 0 bridgehead atoms. The zero-order valence-corrected chi connectivity index (χ0v) is 9.50. The third-order valence-electron chi connectivity index (χ3n) is 2.80. The molecule has 0 aromatic rings. The molecule has 0 amide bonds. The van der Waals surface area contributed by atoms with Crippen molar-refractivity contribution in [1.82, 2.24) is 0 Å². The van der Waals surface area contributed by atoms with Crippen molar-refractivity contribution < 1.29 is 0 Å². The molecule has 0 aromatic carbocycles. The molecular weight excluding hydrogens is 212 g/mol. The lowest BCUT2D eigenvalue weighted by Gasteiger charge is -2.43. The SMILES string of the molecule is C=C1C(=C(C#N)C#N)C(C)(C)C1=C(C#N)C#N. The average Bonchev–Trinajstić information content (AvgIpc) is 2.31. The highest BCUT2D eigenvalue weighted by atomic mass is 14.5. The number of hydrogen-bond donors (Lipinski definition) is 0. The van der Waals surface area contributed by atoms with Gasteiger partial charge in [0, 0.05) is 5.41 Å². The summed E-state index contributed by atoms with van der Waals surface area (Å²) in [7, 11) is 0. The Kier molecular flexibility index (Phi) is 2.86. The normalized spacial score (nSPS) is 15.8. The summed E-state index contributed by atoms with van der Waals surface area (Å²) in [5.41, 5.74) is 0.781. The van der Waals surface area contributed by atoms with E-state index in [0.717, 1.165) is 0 Å². The number of rotatable bonds is 0. The fraction of sp³-hybridized carbons (Fsp3) is 0.231. The maximum Gasteiger partial charge on any atom is 0.134 e. The van der Waals surface area contributed by atoms with Crippen LogP contribution in [-0.2, 0) is 0 Å². The molecule has 1 fully saturated rings. The first kappa shape index (κ1) is 12.3. The third-order valence-corrected chi connectivity index (χ3v) is 2.80. The van der Waals surface area contributed by atoms with Crippen LogP contribution in [0.25, 0.3) is 0 Å². The largest absolute Gasteiger partial charge is 0.192 e. The Morgan fingerprint density at radius 1 is 0.882 bits per heavy atom. The molecule has 0 saturated heterocycles. The van der Waals surface area contributed by atoms with E-state index >= 15 is 0 Å². The van der Waals surface area contributed by atoms with E-state index in [0.29, 0.717) is 16.7 Å². The molecule has 0 radical (unpaired) electrons. The fourth-order valence-electron chi connectivity index (χ4n) is 2.14. The summed E-state index contributed by atoms with van der Waals surface area (Å²) in [5, 5.41) is 35.3. The monoisotopic (exact) mass is 220 g/mol. The summed E-state index contributed by atoms with van der Waals surface area (Å²) in [5.74, 6) is 0. The van der Waals surface area contributed by atoms with E-state index in [1.54, 1.807) is 38.1 Å². The summed E-state index contributed by atoms with van der Waals surface area (Å²) in [6, 6.07) is 7.22. The summed E-state index contributed by atoms with van der Waals surface area (Å²) in [4.78, 5) is 0. The van der Waals surface area contributed by atoms with E-state index in [1.165, 1.54) is 0 Å². The van der Waals surface area contributed by atoms with Crippen molar-refractivity contribution in [3.63, 3.8) is 0 Å². The van der Waals surface area contributed by atoms with Gasteiger partial charge < -0.3 is 0 Å². The molecule has 4 nitrogen and oxygen atoms in total. The predicted octanol–water partition coefficient (Wildman–Crippen LogP) is 2.27. The molecule has 17 heavy (non-hydrogen) atoms. The van der Waals surface area contributed by atoms with Crippen molar-refractivity contribution in [2.45, 2.75) is 13.8 Å². The van der Waals surface area contributed by atoms with E-state index in [1.807, 2.05) is 0 Å². The minimum atomic E-state index is -0.654. The van der Waals surface area contributed by atoms with Crippen LogP contribution in [-0.4, -0.2) is 0 Å². The second-order valence-electron chi connectivity index (χ2n) is 4.05. The summed E-state index contributed by atoms with van der Waals surface area (Å²) < 4.78 is 0. The van der Waals surface area contributed by atoms with E-state index in [4.69, 9.17) is 21.0 Å². The van der Waals surface area contributed by atoms with Gasteiger partial charge in [0.15, 0.2) is 0 Å². The Bertz CT molecular complexity index is 545. The first-order chi connectivity index (χ1) is 7.95. The van der Waals surface area contributed by atoms with Gasteiger partial charge in [-0.25, -0.2) is 0 Å². The molecule has 0 heterocycles. The first-order valence-corrected chi connectivity index (χ1v) is 4.75. The highest BCUT2D eigenvalue weighted by Crippen LogP contribution is 2.56. The highest BCUT2D eigenvalue weighted by molar-refractivity contribution is 5.74. The van der Waals surface area contributed by atoms with Gasteiger partial charge in [-0.05, 0) is 16.7 Å². The quantitative estimate of drug-likeness (QED) is 0.585. The number of nitriles is 4. The van der Waals surface area contributed by atoms with Crippen molar-refractivity contribution in [3.05, 3.63) is 34.4 Å². The first-order valence-electron chi connectivity index (χ1n) is 4.75. The van der Waals surface area contributed by atoms with Crippen LogP contribution in [0.3, 0.4) is 0 Å². The van der Waals surface area contributed by atoms with Crippen LogP contribution in [0, 0.1) is 50.7 Å². The Morgan fingerprint density at radius 2 is 1.18 bits per heavy atom. The Morgan fingerprint density at radius 3 is 1.35 bits per heavy atom. The van der Waals surface area contributed by atoms with E-state index in [-0.39, 0.29) is 11.1 Å². The molecule has 80 valence electrons. The fourth-order valence-corrected chi connectivity index (χ4v) is 2.14. The number of hydrogen-bond acceptors (Lipinski definition) is 4. The maximum atomic E-state index is 8.83. The predicted molar refractivity (Wildman–Crippen MR) is 59.4 cm³/mol. The standard InChI is InChI=1S/C13H8N4/c1-8-11(9(4-14)5-15)13(2,3)12(8)10(6-16)7-17/h1H2,2-3H3. The van der Waals surface area contributed by atoms with Gasteiger partial charge in [0.25, 0.3) is 0 Å². The lowest BCUT2D eigenvalue weighted by Crippen LogP contribution is -2.34. The van der Waals surface area contributed by atoms with Crippen LogP contribution in [0.2, 0.25) is 0 Å². The molecule has 0 aromatic heterocycles. The maximum absolute atomic E-state index is 8.83. The Labute approximate surface area is 99.6 Å². The molecule has 1 aliphatic carbocycles. The lowest BCUT2D eigenvalue weighted by atomic mass is 9.57. The van der Waals surface area contributed by atoms with E-state index in [2.05, 4.69) is 6.58 Å². The van der Waals surface area contributed by atoms with Crippen LogP contribution in [0.1, 0.15) is 13.8 Å². The second-order valence-corrected chi connectivity index (χ2v) is 4.05. The highest BCUT2D eigenvalue weighted by Gasteiger charge is 2.46. The second kappa shape index (κ2) is 3.97. The number of allylic oxidation sites excluding steroid dienone is 5. The van der Waals surface area contributed by atoms with Gasteiger partial charge in [0.1, 0.15) is 35.4 Å². The zero-order chi connectivity index (χ0) is 13.2. The Balaban J connectivity index is 3.56. The number of nitrogens with zero attached hydrogens (tertiary/aromatic N) is 4. The summed E-state index contributed by atoms with van der Waals surface area (Å²) in [6.45, 7) is 7.25. The van der Waals surface area contributed by atoms with Crippen molar-refractivity contribution in [3.8, 4) is 24.3 Å². The minimum absolute atomic E-state index is 0.0148. The summed E-state index contributed by atoms with van der Waals surface area (Å²) >= 11 is 0. The van der Waals surface area contributed by atoms with Gasteiger partial charge >= 0.3 is 0 Å². The van der Waals surface area contributed by atoms with E-state index in [9.17, 15) is 0 Å². The van der Waals surface area contributed by atoms with Crippen molar-refractivity contribution in [2.75, 3.05) is 0 Å². The van der Waals surface area contributed by atoms with E-state index < -0.39 is 5.41 Å². The molecule has 0 aliphatic heterocycles. The van der Waals surface area contributed by atoms with Crippen LogP contribution in [0.5, 0.6) is 0 Å². The molecule has 4 heteroatoms. The molecule has 1 rings (SSSR count). The van der Waals surface area contributed by atoms with Gasteiger partial charge in [-0.2, -0.15) is 21.0 Å². The van der Waals surface area contributed by atoms with Crippen molar-refractivity contribution in [2.24, 2.45) is 5.41 Å². The zero-order valence-electron chi connectivity index (χ0n) is 9.50. The minimum Gasteiger partial charge on any atom is -0.192 e. The smallest absolute Gasteiger partial charge is 0.134 e. The topological polar surface area (TPSA) is 95.2 Å².